The van der Waals surface area contributed by atoms with Crippen LogP contribution < -0.4 is 25.0 Å². The number of methoxy groups -OCH3 is 1. The topological polar surface area (TPSA) is 99.9 Å². The Bertz CT molecular complexity index is 1290. The fraction of sp³-hybridized carbons (Fsp3) is 0.185. The molecule has 0 spiro atoms. The van der Waals surface area contributed by atoms with Crippen LogP contribution in [-0.2, 0) is 0 Å². The minimum Gasteiger partial charge on any atom is -0.497 e. The van der Waals surface area contributed by atoms with E-state index in [1.165, 1.54) is 6.33 Å². The molecule has 0 aliphatic carbocycles. The Labute approximate surface area is 214 Å². The summed E-state index contributed by atoms with van der Waals surface area (Å²) in [5.74, 6) is 1.23. The van der Waals surface area contributed by atoms with E-state index >= 15 is 0 Å². The number of aromatic nitrogens is 2. The summed E-state index contributed by atoms with van der Waals surface area (Å²) in [6, 6.07) is 27.1. The van der Waals surface area contributed by atoms with Gasteiger partial charge in [-0.15, -0.1) is 0 Å². The van der Waals surface area contributed by atoms with E-state index in [2.05, 4.69) is 20.3 Å². The van der Waals surface area contributed by atoms with Gasteiger partial charge in [-0.1, -0.05) is 36.4 Å². The van der Waals surface area contributed by atoms with Crippen LogP contribution in [0, 0.1) is 10.1 Å². The summed E-state index contributed by atoms with van der Waals surface area (Å²) in [4.78, 5) is 24.7. The lowest BCUT2D eigenvalue weighted by molar-refractivity contribution is -0.383. The minimum atomic E-state index is -0.415. The lowest BCUT2D eigenvalue weighted by Gasteiger charge is -2.36. The normalized spacial score (nSPS) is 13.2. The van der Waals surface area contributed by atoms with Gasteiger partial charge in [0.2, 0.25) is 11.6 Å². The van der Waals surface area contributed by atoms with Gasteiger partial charge >= 0.3 is 5.69 Å². The molecule has 0 saturated carbocycles. The molecule has 0 bridgehead atoms. The molecule has 1 fully saturated rings. The highest BCUT2D eigenvalue weighted by atomic mass is 16.6. The Morgan fingerprint density at radius 1 is 0.838 bits per heavy atom. The second-order valence-corrected chi connectivity index (χ2v) is 8.44. The van der Waals surface area contributed by atoms with Gasteiger partial charge in [0, 0.05) is 31.9 Å². The molecule has 1 N–H and O–H groups in total. The first-order valence-corrected chi connectivity index (χ1v) is 11.9. The van der Waals surface area contributed by atoms with Crippen LogP contribution in [0.25, 0.3) is 0 Å². The zero-order chi connectivity index (χ0) is 25.6. The van der Waals surface area contributed by atoms with Crippen LogP contribution in [0.1, 0.15) is 0 Å². The lowest BCUT2D eigenvalue weighted by Crippen LogP contribution is -2.47. The highest BCUT2D eigenvalue weighted by Gasteiger charge is 2.30. The molecule has 1 aliphatic heterocycles. The number of hydrazine groups is 1. The van der Waals surface area contributed by atoms with Crippen molar-refractivity contribution in [1.82, 2.24) is 9.97 Å². The second-order valence-electron chi connectivity index (χ2n) is 8.44. The van der Waals surface area contributed by atoms with E-state index in [0.29, 0.717) is 32.0 Å². The first-order valence-electron chi connectivity index (χ1n) is 11.9. The first kappa shape index (κ1) is 23.9. The average Bonchev–Trinajstić information content (AvgIpc) is 2.96. The Morgan fingerprint density at radius 3 is 1.95 bits per heavy atom. The van der Waals surface area contributed by atoms with Gasteiger partial charge in [-0.3, -0.25) is 20.5 Å². The molecule has 1 saturated heterocycles. The number of rotatable bonds is 8. The van der Waals surface area contributed by atoms with Crippen molar-refractivity contribution in [3.63, 3.8) is 0 Å². The number of nitro groups is 1. The van der Waals surface area contributed by atoms with E-state index in [1.807, 2.05) is 89.8 Å². The summed E-state index contributed by atoms with van der Waals surface area (Å²) in [6.07, 6.45) is 1.37. The predicted molar refractivity (Wildman–Crippen MR) is 145 cm³/mol. The smallest absolute Gasteiger partial charge is 0.355 e. The van der Waals surface area contributed by atoms with Gasteiger partial charge in [-0.2, -0.15) is 0 Å². The molecule has 37 heavy (non-hydrogen) atoms. The van der Waals surface area contributed by atoms with Gasteiger partial charge in [0.05, 0.1) is 23.4 Å². The lowest BCUT2D eigenvalue weighted by atomic mass is 10.2. The predicted octanol–water partition coefficient (Wildman–Crippen LogP) is 4.89. The summed E-state index contributed by atoms with van der Waals surface area (Å²) in [7, 11) is 1.64. The molecule has 1 aromatic heterocycles. The van der Waals surface area contributed by atoms with Gasteiger partial charge in [0.15, 0.2) is 0 Å². The van der Waals surface area contributed by atoms with Gasteiger partial charge in [0.25, 0.3) is 0 Å². The Balaban J connectivity index is 1.41. The molecule has 5 rings (SSSR count). The van der Waals surface area contributed by atoms with E-state index in [0.717, 1.165) is 22.8 Å². The van der Waals surface area contributed by atoms with E-state index in [4.69, 9.17) is 4.74 Å². The molecule has 10 nitrogen and oxygen atoms in total. The highest BCUT2D eigenvalue weighted by molar-refractivity contribution is 5.75. The summed E-state index contributed by atoms with van der Waals surface area (Å²) >= 11 is 0. The number of nitrogens with zero attached hydrogens (tertiary/aromatic N) is 6. The maximum atomic E-state index is 12.3. The third-order valence-electron chi connectivity index (χ3n) is 6.25. The van der Waals surface area contributed by atoms with Crippen LogP contribution in [0.3, 0.4) is 0 Å². The summed E-state index contributed by atoms with van der Waals surface area (Å²) in [6.45, 7) is 2.58. The molecule has 0 atom stereocenters. The maximum absolute atomic E-state index is 12.3. The van der Waals surface area contributed by atoms with Crippen molar-refractivity contribution in [2.45, 2.75) is 0 Å². The number of hydrogen-bond acceptors (Lipinski definition) is 9. The minimum absolute atomic E-state index is 0.125. The quantitative estimate of drug-likeness (QED) is 0.269. The third-order valence-corrected chi connectivity index (χ3v) is 6.25. The molecular weight excluding hydrogens is 470 g/mol. The molecular formula is C27H27N7O3. The number of ether oxygens (including phenoxy) is 1. The number of anilines is 5. The van der Waals surface area contributed by atoms with E-state index in [-0.39, 0.29) is 11.5 Å². The number of hydrogen-bond donors (Lipinski definition) is 1. The van der Waals surface area contributed by atoms with Crippen molar-refractivity contribution in [3.8, 4) is 5.75 Å². The van der Waals surface area contributed by atoms with Crippen molar-refractivity contribution in [2.24, 2.45) is 0 Å². The van der Waals surface area contributed by atoms with Crippen molar-refractivity contribution < 1.29 is 9.66 Å². The molecule has 3 aromatic carbocycles. The van der Waals surface area contributed by atoms with Crippen LogP contribution in [0.5, 0.6) is 5.75 Å². The zero-order valence-corrected chi connectivity index (χ0v) is 20.4. The van der Waals surface area contributed by atoms with Crippen LogP contribution >= 0.6 is 0 Å². The van der Waals surface area contributed by atoms with Gasteiger partial charge < -0.3 is 14.5 Å². The molecule has 0 amide bonds. The zero-order valence-electron chi connectivity index (χ0n) is 20.4. The average molecular weight is 498 g/mol. The second kappa shape index (κ2) is 10.8. The monoisotopic (exact) mass is 497 g/mol. The number of nitrogens with one attached hydrogen (secondary N) is 1. The third kappa shape index (κ3) is 5.22. The van der Waals surface area contributed by atoms with Crippen LogP contribution in [0.15, 0.2) is 91.3 Å². The number of benzene rings is 3. The standard InChI is InChI=1S/C27H27N7O3/c1-37-24-14-12-21(13-15-24)31-16-18-32(19-17-31)27-25(34(35)36)26(28-20-29-27)30-33(22-8-4-2-5-9-22)23-10-6-3-7-11-23/h2-15,20H,16-19H2,1H3,(H,28,29,30). The van der Waals surface area contributed by atoms with E-state index < -0.39 is 4.92 Å². The van der Waals surface area contributed by atoms with Crippen molar-refractivity contribution in [3.05, 3.63) is 101 Å². The molecule has 10 heteroatoms. The van der Waals surface area contributed by atoms with Crippen molar-refractivity contribution in [1.29, 1.82) is 0 Å². The molecule has 188 valence electrons. The Hall–Kier alpha value is -4.86. The van der Waals surface area contributed by atoms with Crippen LogP contribution in [0.2, 0.25) is 0 Å². The number of piperazine rings is 1. The largest absolute Gasteiger partial charge is 0.497 e. The highest BCUT2D eigenvalue weighted by Crippen LogP contribution is 2.35. The number of para-hydroxylation sites is 2. The molecule has 2 heterocycles. The van der Waals surface area contributed by atoms with E-state index in [9.17, 15) is 10.1 Å². The van der Waals surface area contributed by atoms with Gasteiger partial charge in [-0.25, -0.2) is 9.97 Å². The SMILES string of the molecule is COc1ccc(N2CCN(c3ncnc(NN(c4ccccc4)c4ccccc4)c3[N+](=O)[O-])CC2)cc1. The van der Waals surface area contributed by atoms with Gasteiger partial charge in [0.1, 0.15) is 12.1 Å². The molecule has 1 aliphatic rings. The molecule has 0 radical (unpaired) electrons. The Kier molecular flexibility index (Phi) is 6.98. The molecule has 0 unspecified atom stereocenters. The van der Waals surface area contributed by atoms with Crippen molar-refractivity contribution >= 4 is 34.4 Å². The summed E-state index contributed by atoms with van der Waals surface area (Å²) in [5, 5.41) is 14.1. The fourth-order valence-electron chi connectivity index (χ4n) is 4.36. The Morgan fingerprint density at radius 2 is 1.41 bits per heavy atom. The van der Waals surface area contributed by atoms with Crippen LogP contribution in [-0.4, -0.2) is 48.2 Å². The first-order chi connectivity index (χ1) is 18.1. The summed E-state index contributed by atoms with van der Waals surface area (Å²) < 4.78 is 5.25. The van der Waals surface area contributed by atoms with Gasteiger partial charge in [-0.05, 0) is 48.5 Å². The maximum Gasteiger partial charge on any atom is 0.355 e. The van der Waals surface area contributed by atoms with Crippen LogP contribution in [0.4, 0.5) is 34.4 Å². The summed E-state index contributed by atoms with van der Waals surface area (Å²) in [5.41, 5.74) is 5.74. The molecule has 4 aromatic rings. The fourth-order valence-corrected chi connectivity index (χ4v) is 4.36. The van der Waals surface area contributed by atoms with Crippen molar-refractivity contribution in [2.75, 3.05) is 53.5 Å². The van der Waals surface area contributed by atoms with E-state index in [1.54, 1.807) is 12.1 Å².